The second-order valence-electron chi connectivity index (χ2n) is 4.38. The van der Waals surface area contributed by atoms with Gasteiger partial charge in [-0.2, -0.15) is 0 Å². The molecule has 102 valence electrons. The van der Waals surface area contributed by atoms with E-state index in [9.17, 15) is 0 Å². The van der Waals surface area contributed by atoms with E-state index < -0.39 is 0 Å². The summed E-state index contributed by atoms with van der Waals surface area (Å²) >= 11 is 5.15. The zero-order valence-corrected chi connectivity index (χ0v) is 12.2. The Hall–Kier alpha value is -0.390. The van der Waals surface area contributed by atoms with Crippen molar-refractivity contribution in [1.82, 2.24) is 10.6 Å². The predicted molar refractivity (Wildman–Crippen MR) is 75.4 cm³/mol. The van der Waals surface area contributed by atoms with Crippen LogP contribution in [0.5, 0.6) is 0 Å². The largest absolute Gasteiger partial charge is 0.383 e. The van der Waals surface area contributed by atoms with E-state index in [1.807, 2.05) is 6.92 Å². The third-order valence-corrected chi connectivity index (χ3v) is 2.36. The molecule has 0 aromatic heterocycles. The summed E-state index contributed by atoms with van der Waals surface area (Å²) in [5.41, 5.74) is 0. The van der Waals surface area contributed by atoms with E-state index in [0.717, 1.165) is 26.0 Å². The number of ether oxygens (including phenoxy) is 2. The molecule has 0 heterocycles. The number of thiocarbonyl (C=S) groups is 1. The Bertz CT molecular complexity index is 201. The number of rotatable bonds is 9. The molecule has 0 spiro atoms. The highest BCUT2D eigenvalue weighted by Crippen LogP contribution is 1.93. The Labute approximate surface area is 110 Å². The van der Waals surface area contributed by atoms with E-state index in [2.05, 4.69) is 24.5 Å². The Kier molecular flexibility index (Phi) is 10.5. The fraction of sp³-hybridized carbons (Fsp3) is 0.917. The topological polar surface area (TPSA) is 42.5 Å². The molecule has 0 aliphatic heterocycles. The van der Waals surface area contributed by atoms with Gasteiger partial charge in [-0.1, -0.05) is 0 Å². The maximum absolute atomic E-state index is 5.45. The van der Waals surface area contributed by atoms with E-state index in [1.54, 1.807) is 7.11 Å². The highest BCUT2D eigenvalue weighted by molar-refractivity contribution is 7.80. The van der Waals surface area contributed by atoms with Crippen molar-refractivity contribution in [2.24, 2.45) is 0 Å². The van der Waals surface area contributed by atoms with Crippen LogP contribution in [0.4, 0.5) is 0 Å². The Balaban J connectivity index is 3.33. The molecule has 0 bridgehead atoms. The smallest absolute Gasteiger partial charge is 0.166 e. The van der Waals surface area contributed by atoms with E-state index in [1.165, 1.54) is 0 Å². The molecule has 0 aromatic rings. The quantitative estimate of drug-likeness (QED) is 0.489. The molecule has 1 atom stereocenters. The van der Waals surface area contributed by atoms with Crippen molar-refractivity contribution < 1.29 is 9.47 Å². The van der Waals surface area contributed by atoms with Crippen molar-refractivity contribution in [1.29, 1.82) is 0 Å². The second kappa shape index (κ2) is 10.7. The van der Waals surface area contributed by atoms with Crippen LogP contribution >= 0.6 is 12.2 Å². The van der Waals surface area contributed by atoms with E-state index in [-0.39, 0.29) is 6.04 Å². The monoisotopic (exact) mass is 262 g/mol. The SMILES string of the molecule is COCC(C)NC(=S)NCCCCOC(C)C. The number of methoxy groups -OCH3 is 1. The molecule has 0 saturated heterocycles. The van der Waals surface area contributed by atoms with Crippen LogP contribution in [0, 0.1) is 0 Å². The Morgan fingerprint density at radius 3 is 2.53 bits per heavy atom. The van der Waals surface area contributed by atoms with Crippen LogP contribution in [0.25, 0.3) is 0 Å². The molecule has 5 heteroatoms. The number of unbranched alkanes of at least 4 members (excludes halogenated alkanes) is 1. The lowest BCUT2D eigenvalue weighted by Crippen LogP contribution is -2.42. The van der Waals surface area contributed by atoms with E-state index in [0.29, 0.717) is 17.8 Å². The summed E-state index contributed by atoms with van der Waals surface area (Å²) in [5, 5.41) is 7.02. The van der Waals surface area contributed by atoms with Crippen LogP contribution in [0.15, 0.2) is 0 Å². The first kappa shape index (κ1) is 16.6. The summed E-state index contributed by atoms with van der Waals surface area (Å²) in [7, 11) is 1.68. The van der Waals surface area contributed by atoms with Crippen molar-refractivity contribution in [2.45, 2.75) is 45.8 Å². The molecule has 17 heavy (non-hydrogen) atoms. The van der Waals surface area contributed by atoms with Gasteiger partial charge in [-0.25, -0.2) is 0 Å². The summed E-state index contributed by atoms with van der Waals surface area (Å²) in [6, 6.07) is 0.240. The number of nitrogens with one attached hydrogen (secondary N) is 2. The van der Waals surface area contributed by atoms with Crippen LogP contribution in [0.2, 0.25) is 0 Å². The minimum Gasteiger partial charge on any atom is -0.383 e. The predicted octanol–water partition coefficient (Wildman–Crippen LogP) is 1.69. The van der Waals surface area contributed by atoms with Crippen LogP contribution < -0.4 is 10.6 Å². The van der Waals surface area contributed by atoms with Crippen LogP contribution in [0.3, 0.4) is 0 Å². The molecular weight excluding hydrogens is 236 g/mol. The van der Waals surface area contributed by atoms with Gasteiger partial charge in [0, 0.05) is 26.3 Å². The van der Waals surface area contributed by atoms with E-state index >= 15 is 0 Å². The molecule has 0 fully saturated rings. The molecule has 0 rings (SSSR count). The van der Waals surface area contributed by atoms with Gasteiger partial charge in [-0.05, 0) is 45.8 Å². The van der Waals surface area contributed by atoms with Crippen molar-refractivity contribution in [3.8, 4) is 0 Å². The summed E-state index contributed by atoms with van der Waals surface area (Å²) < 4.78 is 10.5. The Morgan fingerprint density at radius 2 is 1.94 bits per heavy atom. The normalized spacial score (nSPS) is 12.5. The minimum absolute atomic E-state index is 0.240. The molecular formula is C12H26N2O2S. The standard InChI is InChI=1S/C12H26N2O2S/c1-10(2)16-8-6-5-7-13-12(17)14-11(3)9-15-4/h10-11H,5-9H2,1-4H3,(H2,13,14,17). The first-order valence-corrected chi connectivity index (χ1v) is 6.62. The summed E-state index contributed by atoms with van der Waals surface area (Å²) in [6.07, 6.45) is 2.44. The Morgan fingerprint density at radius 1 is 1.24 bits per heavy atom. The third kappa shape index (κ3) is 11.9. The van der Waals surface area contributed by atoms with Gasteiger partial charge in [0.2, 0.25) is 0 Å². The van der Waals surface area contributed by atoms with Gasteiger partial charge in [0.05, 0.1) is 12.7 Å². The highest BCUT2D eigenvalue weighted by Gasteiger charge is 2.02. The second-order valence-corrected chi connectivity index (χ2v) is 4.79. The number of hydrogen-bond donors (Lipinski definition) is 2. The molecule has 0 aliphatic rings. The average Bonchev–Trinajstić information content (AvgIpc) is 2.23. The lowest BCUT2D eigenvalue weighted by Gasteiger charge is -2.16. The zero-order chi connectivity index (χ0) is 13.1. The summed E-state index contributed by atoms with van der Waals surface area (Å²) in [5.74, 6) is 0. The molecule has 0 aromatic carbocycles. The third-order valence-electron chi connectivity index (χ3n) is 2.10. The van der Waals surface area contributed by atoms with Gasteiger partial charge in [0.25, 0.3) is 0 Å². The fourth-order valence-electron chi connectivity index (χ4n) is 1.31. The molecule has 4 nitrogen and oxygen atoms in total. The fourth-order valence-corrected chi connectivity index (χ4v) is 1.62. The summed E-state index contributed by atoms with van der Waals surface area (Å²) in [4.78, 5) is 0. The number of hydrogen-bond acceptors (Lipinski definition) is 3. The molecule has 0 aliphatic carbocycles. The molecule has 0 radical (unpaired) electrons. The minimum atomic E-state index is 0.240. The lowest BCUT2D eigenvalue weighted by atomic mass is 10.3. The highest BCUT2D eigenvalue weighted by atomic mass is 32.1. The van der Waals surface area contributed by atoms with Gasteiger partial charge in [-0.3, -0.25) is 0 Å². The molecule has 0 amide bonds. The van der Waals surface area contributed by atoms with Gasteiger partial charge in [0.1, 0.15) is 0 Å². The van der Waals surface area contributed by atoms with Crippen molar-refractivity contribution in [2.75, 3.05) is 26.9 Å². The van der Waals surface area contributed by atoms with Crippen LogP contribution in [-0.4, -0.2) is 44.1 Å². The van der Waals surface area contributed by atoms with Crippen molar-refractivity contribution in [3.63, 3.8) is 0 Å². The van der Waals surface area contributed by atoms with Crippen molar-refractivity contribution >= 4 is 17.3 Å². The molecule has 0 saturated carbocycles. The van der Waals surface area contributed by atoms with Gasteiger partial charge < -0.3 is 20.1 Å². The van der Waals surface area contributed by atoms with Crippen molar-refractivity contribution in [3.05, 3.63) is 0 Å². The first-order chi connectivity index (χ1) is 8.06. The average molecular weight is 262 g/mol. The van der Waals surface area contributed by atoms with Crippen LogP contribution in [-0.2, 0) is 9.47 Å². The maximum atomic E-state index is 5.45. The zero-order valence-electron chi connectivity index (χ0n) is 11.4. The lowest BCUT2D eigenvalue weighted by molar-refractivity contribution is 0.0762. The first-order valence-electron chi connectivity index (χ1n) is 6.21. The van der Waals surface area contributed by atoms with E-state index in [4.69, 9.17) is 21.7 Å². The molecule has 1 unspecified atom stereocenters. The maximum Gasteiger partial charge on any atom is 0.166 e. The van der Waals surface area contributed by atoms with Gasteiger partial charge in [-0.15, -0.1) is 0 Å². The van der Waals surface area contributed by atoms with Gasteiger partial charge >= 0.3 is 0 Å². The van der Waals surface area contributed by atoms with Gasteiger partial charge in [0.15, 0.2) is 5.11 Å². The van der Waals surface area contributed by atoms with Crippen LogP contribution in [0.1, 0.15) is 33.6 Å². The molecule has 2 N–H and O–H groups in total. The summed E-state index contributed by atoms with van der Waals surface area (Å²) in [6.45, 7) is 8.49.